The summed E-state index contributed by atoms with van der Waals surface area (Å²) in [6.07, 6.45) is -0.617. The van der Waals surface area contributed by atoms with Crippen LogP contribution in [0.25, 0.3) is 0 Å². The molecule has 1 aromatic carbocycles. The summed E-state index contributed by atoms with van der Waals surface area (Å²) < 4.78 is 15.1. The van der Waals surface area contributed by atoms with E-state index in [9.17, 15) is 4.79 Å². The van der Waals surface area contributed by atoms with Gasteiger partial charge in [0.15, 0.2) is 0 Å². The first kappa shape index (κ1) is 14.8. The van der Waals surface area contributed by atoms with E-state index < -0.39 is 6.09 Å². The quantitative estimate of drug-likeness (QED) is 0.503. The van der Waals surface area contributed by atoms with E-state index in [1.54, 1.807) is 38.3 Å². The highest BCUT2D eigenvalue weighted by molar-refractivity contribution is 5.94. The largest absolute Gasteiger partial charge is 0.497 e. The Hall–Kier alpha value is -2.24. The Morgan fingerprint density at radius 3 is 2.32 bits per heavy atom. The van der Waals surface area contributed by atoms with Crippen molar-refractivity contribution in [2.45, 2.75) is 13.8 Å². The second-order valence-corrected chi connectivity index (χ2v) is 3.41. The van der Waals surface area contributed by atoms with Crippen molar-refractivity contribution < 1.29 is 19.0 Å². The van der Waals surface area contributed by atoms with Crippen LogP contribution in [0.5, 0.6) is 5.75 Å². The standard InChI is InChI=1S/C13H18N2O4/c1-4-18-12(14-15-13(16)19-5-2)10-6-8-11(17-3)9-7-10/h6-9H,4-5H2,1-3H3,(H,15,16)/b14-12-. The first-order chi connectivity index (χ1) is 9.21. The van der Waals surface area contributed by atoms with Crippen LogP contribution >= 0.6 is 0 Å². The van der Waals surface area contributed by atoms with Crippen LogP contribution in [0, 0.1) is 0 Å². The highest BCUT2D eigenvalue weighted by Crippen LogP contribution is 2.12. The molecule has 0 radical (unpaired) electrons. The average molecular weight is 266 g/mol. The molecule has 104 valence electrons. The van der Waals surface area contributed by atoms with Gasteiger partial charge in [-0.3, -0.25) is 0 Å². The Kier molecular flexibility index (Phi) is 6.21. The van der Waals surface area contributed by atoms with Crippen molar-refractivity contribution >= 4 is 12.0 Å². The van der Waals surface area contributed by atoms with Gasteiger partial charge in [-0.2, -0.15) is 0 Å². The molecule has 0 aliphatic carbocycles. The number of hydrazone groups is 1. The molecule has 1 aromatic rings. The lowest BCUT2D eigenvalue weighted by atomic mass is 10.2. The number of hydrogen-bond acceptors (Lipinski definition) is 5. The number of benzene rings is 1. The molecule has 0 saturated carbocycles. The van der Waals surface area contributed by atoms with Crippen LogP contribution in [-0.2, 0) is 9.47 Å². The second kappa shape index (κ2) is 7.97. The summed E-state index contributed by atoms with van der Waals surface area (Å²) in [5.74, 6) is 1.05. The molecule has 6 heteroatoms. The summed E-state index contributed by atoms with van der Waals surface area (Å²) in [5.41, 5.74) is 3.00. The lowest BCUT2D eigenvalue weighted by Crippen LogP contribution is -2.22. The number of carbonyl (C=O) groups excluding carboxylic acids is 1. The second-order valence-electron chi connectivity index (χ2n) is 3.41. The highest BCUT2D eigenvalue weighted by atomic mass is 16.6. The van der Waals surface area contributed by atoms with E-state index in [2.05, 4.69) is 10.5 Å². The predicted molar refractivity (Wildman–Crippen MR) is 71.3 cm³/mol. The molecule has 19 heavy (non-hydrogen) atoms. The molecule has 0 fully saturated rings. The van der Waals surface area contributed by atoms with Crippen molar-refractivity contribution in [1.82, 2.24) is 5.43 Å². The van der Waals surface area contributed by atoms with E-state index in [0.29, 0.717) is 12.5 Å². The van der Waals surface area contributed by atoms with Gasteiger partial charge in [-0.05, 0) is 38.1 Å². The molecular weight excluding hydrogens is 248 g/mol. The van der Waals surface area contributed by atoms with E-state index in [-0.39, 0.29) is 6.61 Å². The van der Waals surface area contributed by atoms with Crippen LogP contribution in [0.3, 0.4) is 0 Å². The molecule has 1 rings (SSSR count). The zero-order valence-corrected chi connectivity index (χ0v) is 11.3. The van der Waals surface area contributed by atoms with Crippen LogP contribution in [0.2, 0.25) is 0 Å². The van der Waals surface area contributed by atoms with Gasteiger partial charge in [0.1, 0.15) is 5.75 Å². The fourth-order valence-electron chi connectivity index (χ4n) is 1.31. The van der Waals surface area contributed by atoms with Gasteiger partial charge in [0, 0.05) is 5.56 Å². The molecule has 0 heterocycles. The molecule has 1 N–H and O–H groups in total. The molecule has 0 unspecified atom stereocenters. The summed E-state index contributed by atoms with van der Waals surface area (Å²) in [6, 6.07) is 7.16. The van der Waals surface area contributed by atoms with Crippen molar-refractivity contribution in [3.63, 3.8) is 0 Å². The highest BCUT2D eigenvalue weighted by Gasteiger charge is 2.06. The molecule has 0 bridgehead atoms. The summed E-state index contributed by atoms with van der Waals surface area (Å²) in [5, 5.41) is 3.89. The molecule has 6 nitrogen and oxygen atoms in total. The maximum atomic E-state index is 11.2. The van der Waals surface area contributed by atoms with Gasteiger partial charge in [0.2, 0.25) is 5.90 Å². The van der Waals surface area contributed by atoms with E-state index >= 15 is 0 Å². The smallest absolute Gasteiger partial charge is 0.427 e. The van der Waals surface area contributed by atoms with E-state index in [0.717, 1.165) is 11.3 Å². The van der Waals surface area contributed by atoms with Crippen molar-refractivity contribution in [1.29, 1.82) is 0 Å². The van der Waals surface area contributed by atoms with Gasteiger partial charge in [-0.15, -0.1) is 5.10 Å². The molecule has 1 amide bonds. The van der Waals surface area contributed by atoms with Crippen molar-refractivity contribution in [2.75, 3.05) is 20.3 Å². The zero-order valence-electron chi connectivity index (χ0n) is 11.3. The Morgan fingerprint density at radius 2 is 1.79 bits per heavy atom. The Bertz CT molecular complexity index is 429. The normalized spacial score (nSPS) is 10.8. The Balaban J connectivity index is 2.80. The van der Waals surface area contributed by atoms with E-state index in [1.807, 2.05) is 6.92 Å². The predicted octanol–water partition coefficient (Wildman–Crippen LogP) is 2.14. The van der Waals surface area contributed by atoms with Gasteiger partial charge < -0.3 is 14.2 Å². The zero-order chi connectivity index (χ0) is 14.1. The minimum absolute atomic E-state index is 0.286. The van der Waals surface area contributed by atoms with Crippen molar-refractivity contribution in [2.24, 2.45) is 5.10 Å². The molecule has 0 aromatic heterocycles. The minimum Gasteiger partial charge on any atom is -0.497 e. The summed E-state index contributed by atoms with van der Waals surface area (Å²) in [6.45, 7) is 4.28. The van der Waals surface area contributed by atoms with Crippen LogP contribution in [0.1, 0.15) is 19.4 Å². The molecule has 0 spiro atoms. The lowest BCUT2D eigenvalue weighted by Gasteiger charge is -2.08. The van der Waals surface area contributed by atoms with Gasteiger partial charge in [0.25, 0.3) is 0 Å². The first-order valence-electron chi connectivity index (χ1n) is 5.98. The summed E-state index contributed by atoms with van der Waals surface area (Å²) in [4.78, 5) is 11.2. The van der Waals surface area contributed by atoms with Crippen molar-refractivity contribution in [3.8, 4) is 5.75 Å². The third-order valence-electron chi connectivity index (χ3n) is 2.14. The third-order valence-corrected chi connectivity index (χ3v) is 2.14. The fourth-order valence-corrected chi connectivity index (χ4v) is 1.31. The van der Waals surface area contributed by atoms with E-state index in [4.69, 9.17) is 14.2 Å². The van der Waals surface area contributed by atoms with Gasteiger partial charge in [-0.1, -0.05) is 0 Å². The molecular formula is C13H18N2O4. The Morgan fingerprint density at radius 1 is 1.16 bits per heavy atom. The Labute approximate surface area is 112 Å². The maximum Gasteiger partial charge on any atom is 0.427 e. The number of ether oxygens (including phenoxy) is 3. The summed E-state index contributed by atoms with van der Waals surface area (Å²) in [7, 11) is 1.59. The molecule has 0 aliphatic rings. The van der Waals surface area contributed by atoms with Crippen LogP contribution in [0.15, 0.2) is 29.4 Å². The van der Waals surface area contributed by atoms with Crippen LogP contribution < -0.4 is 10.2 Å². The monoisotopic (exact) mass is 266 g/mol. The number of methoxy groups -OCH3 is 1. The number of hydrogen-bond donors (Lipinski definition) is 1. The number of carbonyl (C=O) groups is 1. The van der Waals surface area contributed by atoms with Crippen LogP contribution in [-0.4, -0.2) is 32.3 Å². The van der Waals surface area contributed by atoms with Gasteiger partial charge in [-0.25, -0.2) is 10.2 Å². The maximum absolute atomic E-state index is 11.2. The topological polar surface area (TPSA) is 69.2 Å². The van der Waals surface area contributed by atoms with Gasteiger partial charge in [0.05, 0.1) is 20.3 Å². The van der Waals surface area contributed by atoms with Crippen LogP contribution in [0.4, 0.5) is 4.79 Å². The SMILES string of the molecule is CCOC(=O)N/N=C(\OCC)c1ccc(OC)cc1. The third kappa shape index (κ3) is 4.87. The molecule has 0 atom stereocenters. The number of nitrogens with one attached hydrogen (secondary N) is 1. The fraction of sp³-hybridized carbons (Fsp3) is 0.385. The number of nitrogens with zero attached hydrogens (tertiary/aromatic N) is 1. The molecule has 0 aliphatic heterocycles. The molecule has 0 saturated heterocycles. The van der Waals surface area contributed by atoms with Crippen molar-refractivity contribution in [3.05, 3.63) is 29.8 Å². The van der Waals surface area contributed by atoms with E-state index in [1.165, 1.54) is 0 Å². The number of rotatable bonds is 5. The summed E-state index contributed by atoms with van der Waals surface area (Å²) >= 11 is 0. The first-order valence-corrected chi connectivity index (χ1v) is 5.98. The lowest BCUT2D eigenvalue weighted by molar-refractivity contribution is 0.152. The minimum atomic E-state index is -0.617. The number of amides is 1. The van der Waals surface area contributed by atoms with Gasteiger partial charge >= 0.3 is 6.09 Å². The average Bonchev–Trinajstić information content (AvgIpc) is 2.44.